The van der Waals surface area contributed by atoms with E-state index in [1.807, 2.05) is 0 Å². The maximum atomic E-state index is 12.2. The highest BCUT2D eigenvalue weighted by Crippen LogP contribution is 2.57. The molecular formula is C19H18O8. The van der Waals surface area contributed by atoms with Crippen molar-refractivity contribution in [3.05, 3.63) is 35.9 Å². The number of hydrogen-bond donors (Lipinski definition) is 0. The van der Waals surface area contributed by atoms with E-state index in [9.17, 15) is 19.2 Å². The zero-order chi connectivity index (χ0) is 19.2. The van der Waals surface area contributed by atoms with E-state index < -0.39 is 47.4 Å². The van der Waals surface area contributed by atoms with Crippen LogP contribution in [0, 0.1) is 17.8 Å². The molecule has 27 heavy (non-hydrogen) atoms. The summed E-state index contributed by atoms with van der Waals surface area (Å²) in [6, 6.07) is 8.55. The molecule has 3 aliphatic heterocycles. The molecule has 4 rings (SSSR count). The monoisotopic (exact) mass is 374 g/mol. The van der Waals surface area contributed by atoms with E-state index in [1.54, 1.807) is 30.3 Å². The number of fused-ring (bicyclic) bond motifs is 5. The second kappa shape index (κ2) is 6.45. The van der Waals surface area contributed by atoms with Gasteiger partial charge in [0, 0.05) is 12.8 Å². The maximum absolute atomic E-state index is 12.2. The molecule has 3 saturated heterocycles. The van der Waals surface area contributed by atoms with E-state index in [4.69, 9.17) is 18.9 Å². The molecule has 0 aliphatic carbocycles. The summed E-state index contributed by atoms with van der Waals surface area (Å²) in [6.07, 6.45) is -0.288. The second-order valence-corrected chi connectivity index (χ2v) is 7.10. The molecule has 0 radical (unpaired) electrons. The van der Waals surface area contributed by atoms with E-state index in [2.05, 4.69) is 0 Å². The lowest BCUT2D eigenvalue weighted by Crippen LogP contribution is -2.47. The topological polar surface area (TPSA) is 105 Å². The van der Waals surface area contributed by atoms with Crippen LogP contribution in [0.3, 0.4) is 0 Å². The largest absolute Gasteiger partial charge is 0.463 e. The maximum Gasteiger partial charge on any atom is 0.338 e. The molecule has 1 aromatic rings. The molecule has 2 bridgehead atoms. The van der Waals surface area contributed by atoms with Gasteiger partial charge in [-0.2, -0.15) is 0 Å². The zero-order valence-corrected chi connectivity index (χ0v) is 14.6. The lowest BCUT2D eigenvalue weighted by molar-refractivity contribution is -0.165. The van der Waals surface area contributed by atoms with Crippen LogP contribution in [-0.2, 0) is 33.3 Å². The van der Waals surface area contributed by atoms with E-state index in [0.717, 1.165) is 0 Å². The predicted molar refractivity (Wildman–Crippen MR) is 87.1 cm³/mol. The van der Waals surface area contributed by atoms with Crippen molar-refractivity contribution in [2.75, 3.05) is 13.2 Å². The van der Waals surface area contributed by atoms with E-state index >= 15 is 0 Å². The Morgan fingerprint density at radius 1 is 1.15 bits per heavy atom. The Hall–Kier alpha value is -2.74. The molecule has 0 N–H and O–H groups in total. The summed E-state index contributed by atoms with van der Waals surface area (Å²) in [7, 11) is 0. The Morgan fingerprint density at radius 2 is 1.89 bits per heavy atom. The molecule has 1 aromatic carbocycles. The average molecular weight is 374 g/mol. The molecule has 3 heterocycles. The summed E-state index contributed by atoms with van der Waals surface area (Å²) >= 11 is 0. The first-order valence-corrected chi connectivity index (χ1v) is 8.70. The smallest absolute Gasteiger partial charge is 0.338 e. The molecule has 0 saturated carbocycles. The van der Waals surface area contributed by atoms with Gasteiger partial charge in [-0.15, -0.1) is 0 Å². The highest BCUT2D eigenvalue weighted by atomic mass is 16.6. The minimum Gasteiger partial charge on any atom is -0.463 e. The summed E-state index contributed by atoms with van der Waals surface area (Å²) in [6.45, 7) is 1.14. The third-order valence-corrected chi connectivity index (χ3v) is 5.41. The van der Waals surface area contributed by atoms with Crippen LogP contribution < -0.4 is 0 Å². The van der Waals surface area contributed by atoms with Crippen molar-refractivity contribution in [3.8, 4) is 0 Å². The number of ether oxygens (including phenoxy) is 4. The summed E-state index contributed by atoms with van der Waals surface area (Å²) < 4.78 is 21.2. The zero-order valence-electron chi connectivity index (χ0n) is 14.6. The molecule has 3 aliphatic rings. The third-order valence-electron chi connectivity index (χ3n) is 5.41. The van der Waals surface area contributed by atoms with Crippen molar-refractivity contribution in [1.29, 1.82) is 0 Å². The van der Waals surface area contributed by atoms with Crippen LogP contribution in [0.1, 0.15) is 23.7 Å². The first-order valence-electron chi connectivity index (χ1n) is 8.70. The quantitative estimate of drug-likeness (QED) is 0.425. The normalized spacial score (nSPS) is 33.5. The molecule has 5 atom stereocenters. The van der Waals surface area contributed by atoms with Gasteiger partial charge in [0.15, 0.2) is 0 Å². The number of esters is 4. The van der Waals surface area contributed by atoms with Gasteiger partial charge in [0.1, 0.15) is 24.0 Å². The fourth-order valence-electron chi connectivity index (χ4n) is 4.32. The number of rotatable bonds is 5. The molecule has 0 spiro atoms. The first-order chi connectivity index (χ1) is 12.9. The number of carbonyl (C=O) groups is 4. The van der Waals surface area contributed by atoms with Crippen molar-refractivity contribution in [2.45, 2.75) is 25.0 Å². The van der Waals surface area contributed by atoms with Gasteiger partial charge in [-0.1, -0.05) is 18.2 Å². The van der Waals surface area contributed by atoms with Crippen LogP contribution in [0.25, 0.3) is 0 Å². The van der Waals surface area contributed by atoms with Gasteiger partial charge in [-0.25, -0.2) is 4.79 Å². The molecule has 0 aromatic heterocycles. The van der Waals surface area contributed by atoms with Gasteiger partial charge in [0.05, 0.1) is 18.3 Å². The van der Waals surface area contributed by atoms with E-state index in [0.29, 0.717) is 12.0 Å². The number of cyclic esters (lactones) is 2. The fourth-order valence-corrected chi connectivity index (χ4v) is 4.32. The van der Waals surface area contributed by atoms with Gasteiger partial charge in [0.25, 0.3) is 0 Å². The summed E-state index contributed by atoms with van der Waals surface area (Å²) in [5.41, 5.74) is -0.696. The van der Waals surface area contributed by atoms with Crippen LogP contribution in [0.15, 0.2) is 30.3 Å². The minimum absolute atomic E-state index is 0.0326. The highest BCUT2D eigenvalue weighted by molar-refractivity contribution is 5.98. The van der Waals surface area contributed by atoms with E-state index in [-0.39, 0.29) is 19.1 Å². The third kappa shape index (κ3) is 2.90. The summed E-state index contributed by atoms with van der Waals surface area (Å²) in [5, 5.41) is 0. The standard InChI is InChI=1S/C19H18O8/c1-10(20)25-9-19-7-12(8-24-16(21)11-5-3-2-4-6-11)15(27-19)13-14(19)18(23)26-17(13)22/h2-6,12-15H,7-9H2,1H3/t12-,13+,14+,15-,19-/m1/s1. The SMILES string of the molecule is CC(=O)OC[C@@]12C[C@H](COC(=O)c3ccccc3)[C@@H](O1)[C@H]1C(=O)OC(=O)[C@H]12. The van der Waals surface area contributed by atoms with Gasteiger partial charge in [-0.3, -0.25) is 14.4 Å². The van der Waals surface area contributed by atoms with Crippen LogP contribution >= 0.6 is 0 Å². The molecule has 0 amide bonds. The minimum atomic E-state index is -1.12. The molecular weight excluding hydrogens is 356 g/mol. The molecule has 3 fully saturated rings. The Kier molecular flexibility index (Phi) is 4.22. The van der Waals surface area contributed by atoms with Gasteiger partial charge < -0.3 is 18.9 Å². The van der Waals surface area contributed by atoms with Crippen molar-refractivity contribution in [2.24, 2.45) is 17.8 Å². The van der Waals surface area contributed by atoms with Gasteiger partial charge >= 0.3 is 23.9 Å². The average Bonchev–Trinajstić information content (AvgIpc) is 3.28. The predicted octanol–water partition coefficient (Wildman–Crippen LogP) is 0.880. The first kappa shape index (κ1) is 17.7. The fraction of sp³-hybridized carbons (Fsp3) is 0.474. The number of benzene rings is 1. The van der Waals surface area contributed by atoms with Crippen molar-refractivity contribution in [1.82, 2.24) is 0 Å². The second-order valence-electron chi connectivity index (χ2n) is 7.10. The van der Waals surface area contributed by atoms with Crippen molar-refractivity contribution in [3.63, 3.8) is 0 Å². The number of carbonyl (C=O) groups excluding carboxylic acids is 4. The van der Waals surface area contributed by atoms with Crippen molar-refractivity contribution >= 4 is 23.9 Å². The Bertz CT molecular complexity index is 803. The summed E-state index contributed by atoms with van der Waals surface area (Å²) in [5.74, 6) is -4.14. The lowest BCUT2D eigenvalue weighted by atomic mass is 9.69. The summed E-state index contributed by atoms with van der Waals surface area (Å²) in [4.78, 5) is 47.6. The van der Waals surface area contributed by atoms with Crippen LogP contribution in [0.4, 0.5) is 0 Å². The molecule has 8 heteroatoms. The van der Waals surface area contributed by atoms with Crippen LogP contribution in [0.5, 0.6) is 0 Å². The molecule has 142 valence electrons. The van der Waals surface area contributed by atoms with Crippen LogP contribution in [-0.4, -0.2) is 48.8 Å². The van der Waals surface area contributed by atoms with Gasteiger partial charge in [0.2, 0.25) is 0 Å². The molecule has 0 unspecified atom stereocenters. The molecule has 8 nitrogen and oxygen atoms in total. The Balaban J connectivity index is 1.50. The lowest BCUT2D eigenvalue weighted by Gasteiger charge is -2.31. The Labute approximate surface area is 154 Å². The number of hydrogen-bond acceptors (Lipinski definition) is 8. The van der Waals surface area contributed by atoms with Crippen LogP contribution in [0.2, 0.25) is 0 Å². The van der Waals surface area contributed by atoms with E-state index in [1.165, 1.54) is 6.92 Å². The van der Waals surface area contributed by atoms with Gasteiger partial charge in [-0.05, 0) is 18.6 Å². The van der Waals surface area contributed by atoms with Crippen molar-refractivity contribution < 1.29 is 38.1 Å². The Morgan fingerprint density at radius 3 is 2.59 bits per heavy atom. The highest BCUT2D eigenvalue weighted by Gasteiger charge is 2.72.